The molecule has 2 aromatic carbocycles. The number of ether oxygens (including phenoxy) is 1. The fourth-order valence-electron chi connectivity index (χ4n) is 3.01. The third-order valence-corrected chi connectivity index (χ3v) is 5.37. The highest BCUT2D eigenvalue weighted by Gasteiger charge is 2.35. The molecule has 0 radical (unpaired) electrons. The van der Waals surface area contributed by atoms with Gasteiger partial charge in [0.2, 0.25) is 15.9 Å². The number of nitrogens with zero attached hydrogens (tertiary/aromatic N) is 1. The summed E-state index contributed by atoms with van der Waals surface area (Å²) in [6.07, 6.45) is 0.691. The maximum absolute atomic E-state index is 12.6. The lowest BCUT2D eigenvalue weighted by Crippen LogP contribution is -2.43. The van der Waals surface area contributed by atoms with E-state index in [-0.39, 0.29) is 17.4 Å². The summed E-state index contributed by atoms with van der Waals surface area (Å²) >= 11 is 0. The van der Waals surface area contributed by atoms with Gasteiger partial charge in [-0.1, -0.05) is 30.3 Å². The van der Waals surface area contributed by atoms with E-state index in [9.17, 15) is 18.0 Å². The number of rotatable bonds is 5. The smallest absolute Gasteiger partial charge is 0.410 e. The molecule has 28 heavy (non-hydrogen) atoms. The molecule has 3 rings (SSSR count). The summed E-state index contributed by atoms with van der Waals surface area (Å²) in [7, 11) is -3.80. The molecule has 2 amide bonds. The molecular weight excluding hydrogens is 382 g/mol. The topological polar surface area (TPSA) is 119 Å². The number of carbonyl (C=O) groups is 2. The number of hydrogen-bond donors (Lipinski definition) is 2. The predicted octanol–water partition coefficient (Wildman–Crippen LogP) is 2.07. The van der Waals surface area contributed by atoms with Gasteiger partial charge in [-0.25, -0.2) is 18.4 Å². The van der Waals surface area contributed by atoms with E-state index in [0.29, 0.717) is 25.1 Å². The van der Waals surface area contributed by atoms with Crippen LogP contribution < -0.4 is 10.5 Å². The first-order valence-electron chi connectivity index (χ1n) is 8.75. The number of nitrogens with two attached hydrogens (primary N) is 1. The number of hydrogen-bond acceptors (Lipinski definition) is 5. The Kier molecular flexibility index (Phi) is 5.96. The second-order valence-corrected chi connectivity index (χ2v) is 8.01. The summed E-state index contributed by atoms with van der Waals surface area (Å²) < 4.78 is 27.9. The number of amides is 2. The van der Waals surface area contributed by atoms with Gasteiger partial charge < -0.3 is 10.1 Å². The Bertz CT molecular complexity index is 945. The van der Waals surface area contributed by atoms with Crippen molar-refractivity contribution in [2.24, 2.45) is 5.14 Å². The van der Waals surface area contributed by atoms with Gasteiger partial charge in [0.05, 0.1) is 4.90 Å². The molecule has 3 N–H and O–H groups in total. The van der Waals surface area contributed by atoms with E-state index in [1.54, 1.807) is 0 Å². The largest absolute Gasteiger partial charge is 0.445 e. The third kappa shape index (κ3) is 4.87. The predicted molar refractivity (Wildman–Crippen MR) is 103 cm³/mol. The van der Waals surface area contributed by atoms with E-state index in [1.807, 2.05) is 30.3 Å². The lowest BCUT2D eigenvalue weighted by Gasteiger charge is -2.23. The van der Waals surface area contributed by atoms with Crippen molar-refractivity contribution in [3.63, 3.8) is 0 Å². The molecule has 0 bridgehead atoms. The molecule has 148 valence electrons. The van der Waals surface area contributed by atoms with Crippen LogP contribution >= 0.6 is 0 Å². The second kappa shape index (κ2) is 8.41. The standard InChI is InChI=1S/C19H21N3O5S/c20-28(25,26)16-10-8-15(9-11-16)21-18(23)17-7-4-12-22(17)19(24)27-13-14-5-2-1-3-6-14/h1-3,5-6,8-11,17H,4,7,12-13H2,(H,21,23)(H2,20,25,26)/t17-/m0/s1. The number of nitrogens with one attached hydrogen (secondary N) is 1. The second-order valence-electron chi connectivity index (χ2n) is 6.45. The maximum atomic E-state index is 12.6. The van der Waals surface area contributed by atoms with Crippen molar-refractivity contribution in [3.8, 4) is 0 Å². The molecule has 0 saturated carbocycles. The van der Waals surface area contributed by atoms with Crippen LogP contribution in [0.5, 0.6) is 0 Å². The minimum Gasteiger partial charge on any atom is -0.445 e. The van der Waals surface area contributed by atoms with Crippen molar-refractivity contribution in [3.05, 3.63) is 60.2 Å². The molecular formula is C19H21N3O5S. The van der Waals surface area contributed by atoms with Crippen molar-refractivity contribution >= 4 is 27.7 Å². The zero-order valence-corrected chi connectivity index (χ0v) is 15.9. The maximum Gasteiger partial charge on any atom is 0.410 e. The van der Waals surface area contributed by atoms with Gasteiger partial charge in [0, 0.05) is 12.2 Å². The van der Waals surface area contributed by atoms with Gasteiger partial charge in [-0.3, -0.25) is 9.69 Å². The monoisotopic (exact) mass is 403 g/mol. The number of sulfonamides is 1. The van der Waals surface area contributed by atoms with Gasteiger partial charge in [0.25, 0.3) is 0 Å². The van der Waals surface area contributed by atoms with Crippen molar-refractivity contribution < 1.29 is 22.7 Å². The number of carbonyl (C=O) groups excluding carboxylic acids is 2. The van der Waals surface area contributed by atoms with E-state index in [1.165, 1.54) is 29.2 Å². The van der Waals surface area contributed by atoms with Gasteiger partial charge in [0.15, 0.2) is 0 Å². The molecule has 1 heterocycles. The van der Waals surface area contributed by atoms with E-state index in [0.717, 1.165) is 5.56 Å². The first kappa shape index (κ1) is 19.8. The van der Waals surface area contributed by atoms with Gasteiger partial charge in [0.1, 0.15) is 12.6 Å². The average molecular weight is 403 g/mol. The Balaban J connectivity index is 1.60. The first-order chi connectivity index (χ1) is 13.3. The zero-order chi connectivity index (χ0) is 20.1. The summed E-state index contributed by atoms with van der Waals surface area (Å²) in [6, 6.07) is 14.2. The molecule has 0 aromatic heterocycles. The van der Waals surface area contributed by atoms with Crippen LogP contribution in [0, 0.1) is 0 Å². The van der Waals surface area contributed by atoms with Crippen LogP contribution in [0.15, 0.2) is 59.5 Å². The van der Waals surface area contributed by atoms with Gasteiger partial charge in [-0.05, 0) is 42.7 Å². The molecule has 0 spiro atoms. The highest BCUT2D eigenvalue weighted by atomic mass is 32.2. The van der Waals surface area contributed by atoms with Crippen LogP contribution in [0.3, 0.4) is 0 Å². The van der Waals surface area contributed by atoms with Crippen LogP contribution in [-0.2, 0) is 26.2 Å². The van der Waals surface area contributed by atoms with Crippen LogP contribution in [-0.4, -0.2) is 37.9 Å². The molecule has 1 fully saturated rings. The van der Waals surface area contributed by atoms with E-state index in [2.05, 4.69) is 5.32 Å². The van der Waals surface area contributed by atoms with E-state index in [4.69, 9.17) is 9.88 Å². The Hall–Kier alpha value is -2.91. The Morgan fingerprint density at radius 1 is 1.11 bits per heavy atom. The van der Waals surface area contributed by atoms with Crippen molar-refractivity contribution in [1.82, 2.24) is 4.90 Å². The summed E-state index contributed by atoms with van der Waals surface area (Å²) in [5, 5.41) is 7.75. The minimum atomic E-state index is -3.80. The highest BCUT2D eigenvalue weighted by molar-refractivity contribution is 7.89. The quantitative estimate of drug-likeness (QED) is 0.792. The summed E-state index contributed by atoms with van der Waals surface area (Å²) in [4.78, 5) is 26.3. The molecule has 1 saturated heterocycles. The Morgan fingerprint density at radius 2 is 1.79 bits per heavy atom. The lowest BCUT2D eigenvalue weighted by atomic mass is 10.2. The SMILES string of the molecule is NS(=O)(=O)c1ccc(NC(=O)[C@@H]2CCCN2C(=O)OCc2ccccc2)cc1. The average Bonchev–Trinajstić information content (AvgIpc) is 3.17. The minimum absolute atomic E-state index is 0.0440. The molecule has 0 aliphatic carbocycles. The summed E-state index contributed by atoms with van der Waals surface area (Å²) in [5.74, 6) is -0.350. The number of primary sulfonamides is 1. The van der Waals surface area contributed by atoms with Gasteiger partial charge >= 0.3 is 6.09 Å². The zero-order valence-electron chi connectivity index (χ0n) is 15.1. The van der Waals surface area contributed by atoms with Crippen LogP contribution in [0.4, 0.5) is 10.5 Å². The molecule has 1 aliphatic heterocycles. The van der Waals surface area contributed by atoms with Crippen molar-refractivity contribution in [2.45, 2.75) is 30.4 Å². The van der Waals surface area contributed by atoms with Crippen LogP contribution in [0.2, 0.25) is 0 Å². The molecule has 0 unspecified atom stereocenters. The third-order valence-electron chi connectivity index (χ3n) is 4.45. The lowest BCUT2D eigenvalue weighted by molar-refractivity contribution is -0.120. The van der Waals surface area contributed by atoms with Crippen LogP contribution in [0.1, 0.15) is 18.4 Å². The first-order valence-corrected chi connectivity index (χ1v) is 10.3. The molecule has 9 heteroatoms. The van der Waals surface area contributed by atoms with E-state index >= 15 is 0 Å². The molecule has 1 aliphatic rings. The molecule has 1 atom stereocenters. The fourth-order valence-corrected chi connectivity index (χ4v) is 3.53. The fraction of sp³-hybridized carbons (Fsp3) is 0.263. The number of anilines is 1. The Labute approximate surface area is 163 Å². The van der Waals surface area contributed by atoms with Gasteiger partial charge in [-0.15, -0.1) is 0 Å². The summed E-state index contributed by atoms with van der Waals surface area (Å²) in [5.41, 5.74) is 1.29. The summed E-state index contributed by atoms with van der Waals surface area (Å²) in [6.45, 7) is 0.579. The Morgan fingerprint density at radius 3 is 2.43 bits per heavy atom. The van der Waals surface area contributed by atoms with E-state index < -0.39 is 22.2 Å². The normalized spacial score (nSPS) is 16.6. The number of benzene rings is 2. The molecule has 2 aromatic rings. The number of likely N-dealkylation sites (tertiary alicyclic amines) is 1. The van der Waals surface area contributed by atoms with Gasteiger partial charge in [-0.2, -0.15) is 0 Å². The highest BCUT2D eigenvalue weighted by Crippen LogP contribution is 2.21. The van der Waals surface area contributed by atoms with Crippen molar-refractivity contribution in [2.75, 3.05) is 11.9 Å². The molecule has 8 nitrogen and oxygen atoms in total. The van der Waals surface area contributed by atoms with Crippen molar-refractivity contribution in [1.29, 1.82) is 0 Å². The van der Waals surface area contributed by atoms with Crippen LogP contribution in [0.25, 0.3) is 0 Å².